The summed E-state index contributed by atoms with van der Waals surface area (Å²) in [5.41, 5.74) is 0.485. The van der Waals surface area contributed by atoms with Gasteiger partial charge in [0.15, 0.2) is 11.5 Å². The molecule has 0 radical (unpaired) electrons. The minimum Gasteiger partial charge on any atom is -0.394 e. The van der Waals surface area contributed by atoms with Gasteiger partial charge in [-0.15, -0.1) is 0 Å². The van der Waals surface area contributed by atoms with E-state index in [0.29, 0.717) is 18.0 Å². The van der Waals surface area contributed by atoms with Crippen molar-refractivity contribution < 1.29 is 10.2 Å². The number of imidazole rings is 1. The number of hydrogen-bond acceptors (Lipinski definition) is 6. The van der Waals surface area contributed by atoms with Gasteiger partial charge >= 0.3 is 5.69 Å². The summed E-state index contributed by atoms with van der Waals surface area (Å²) in [6.45, 7) is 6.72. The maximum Gasteiger partial charge on any atom is 0.351 e. The number of nitrogens with one attached hydrogen (secondary N) is 2. The molecule has 2 atom stereocenters. The number of nitrogens with zero attached hydrogens (tertiary/aromatic N) is 3. The van der Waals surface area contributed by atoms with Crippen LogP contribution in [-0.2, 0) is 12.0 Å². The number of H-pyrrole nitrogens is 1. The van der Waals surface area contributed by atoms with Gasteiger partial charge in [0.05, 0.1) is 18.2 Å². The predicted molar refractivity (Wildman–Crippen MR) is 117 cm³/mol. The summed E-state index contributed by atoms with van der Waals surface area (Å²) in [4.78, 5) is 25.6. The highest BCUT2D eigenvalue weighted by atomic mass is 16.3. The number of aromatic nitrogens is 4. The summed E-state index contributed by atoms with van der Waals surface area (Å²) >= 11 is 0. The van der Waals surface area contributed by atoms with Crippen LogP contribution in [0, 0.1) is 5.92 Å². The highest BCUT2D eigenvalue weighted by Crippen LogP contribution is 2.53. The van der Waals surface area contributed by atoms with Crippen molar-refractivity contribution in [2.24, 2.45) is 5.92 Å². The van der Waals surface area contributed by atoms with Crippen LogP contribution >= 0.6 is 0 Å². The van der Waals surface area contributed by atoms with Crippen molar-refractivity contribution in [3.8, 4) is 0 Å². The third kappa shape index (κ3) is 3.54. The first-order valence-corrected chi connectivity index (χ1v) is 11.5. The fourth-order valence-electron chi connectivity index (χ4n) is 5.16. The van der Waals surface area contributed by atoms with Crippen LogP contribution in [0.3, 0.4) is 0 Å². The Hall–Kier alpha value is -1.93. The van der Waals surface area contributed by atoms with Gasteiger partial charge in [0.25, 0.3) is 0 Å². The summed E-state index contributed by atoms with van der Waals surface area (Å²) < 4.78 is 1.65. The third-order valence-electron chi connectivity index (χ3n) is 7.62. The van der Waals surface area contributed by atoms with Crippen LogP contribution in [0.4, 0.5) is 5.82 Å². The molecule has 0 saturated heterocycles. The van der Waals surface area contributed by atoms with E-state index in [1.165, 1.54) is 0 Å². The van der Waals surface area contributed by atoms with Crippen LogP contribution in [0.5, 0.6) is 0 Å². The van der Waals surface area contributed by atoms with E-state index in [4.69, 9.17) is 4.98 Å². The average Bonchev–Trinajstić information content (AvgIpc) is 3.21. The summed E-state index contributed by atoms with van der Waals surface area (Å²) in [5.74, 6) is 1.61. The van der Waals surface area contributed by atoms with Crippen LogP contribution in [0.15, 0.2) is 4.79 Å². The molecule has 0 aromatic carbocycles. The molecule has 8 nitrogen and oxygen atoms in total. The van der Waals surface area contributed by atoms with E-state index in [2.05, 4.69) is 29.1 Å². The molecule has 2 heterocycles. The lowest BCUT2D eigenvalue weighted by molar-refractivity contribution is -0.0677. The molecule has 0 amide bonds. The van der Waals surface area contributed by atoms with Gasteiger partial charge in [-0.1, -0.05) is 27.2 Å². The number of hydrogen-bond donors (Lipinski definition) is 4. The number of aryl methyl sites for hydroxylation is 1. The van der Waals surface area contributed by atoms with E-state index < -0.39 is 5.60 Å². The molecule has 5 rings (SSSR count). The maximum absolute atomic E-state index is 12.8. The van der Waals surface area contributed by atoms with Crippen LogP contribution < -0.4 is 11.0 Å². The molecule has 0 unspecified atom stereocenters. The van der Waals surface area contributed by atoms with Crippen molar-refractivity contribution in [3.63, 3.8) is 0 Å². The Bertz CT molecular complexity index is 941. The van der Waals surface area contributed by atoms with E-state index in [-0.39, 0.29) is 29.7 Å². The second-order valence-electron chi connectivity index (χ2n) is 9.50. The molecule has 2 aromatic heterocycles. The molecule has 2 aromatic rings. The van der Waals surface area contributed by atoms with Gasteiger partial charge < -0.3 is 20.5 Å². The number of fused-ring (bicyclic) bond motifs is 4. The Labute approximate surface area is 177 Å². The molecule has 0 aliphatic heterocycles. The van der Waals surface area contributed by atoms with Gasteiger partial charge in [0, 0.05) is 12.0 Å². The number of aromatic amines is 1. The Morgan fingerprint density at radius 1 is 1.17 bits per heavy atom. The molecule has 4 N–H and O–H groups in total. The normalized spacial score (nSPS) is 28.0. The predicted octanol–water partition coefficient (Wildman–Crippen LogP) is 2.69. The Kier molecular flexibility index (Phi) is 5.66. The van der Waals surface area contributed by atoms with Gasteiger partial charge in [-0.05, 0) is 50.9 Å². The minimum atomic E-state index is -0.503. The van der Waals surface area contributed by atoms with Crippen LogP contribution in [-0.4, -0.2) is 48.0 Å². The molecule has 0 spiro atoms. The number of aliphatic hydroxyl groups excluding tert-OH is 1. The molecule has 3 aliphatic rings. The van der Waals surface area contributed by atoms with Crippen molar-refractivity contribution in [1.82, 2.24) is 19.5 Å². The lowest BCUT2D eigenvalue weighted by Gasteiger charge is -2.49. The van der Waals surface area contributed by atoms with E-state index in [1.807, 2.05) is 6.92 Å². The van der Waals surface area contributed by atoms with Crippen molar-refractivity contribution in [2.45, 2.75) is 95.7 Å². The van der Waals surface area contributed by atoms with Crippen LogP contribution in [0.1, 0.15) is 78.0 Å². The maximum atomic E-state index is 12.8. The Morgan fingerprint density at radius 2 is 1.83 bits per heavy atom. The lowest BCUT2D eigenvalue weighted by atomic mass is 9.58. The molecule has 3 fully saturated rings. The van der Waals surface area contributed by atoms with E-state index >= 15 is 0 Å². The SMILES string of the molecule is CCCn1c(=O)nc(N[C@@H](CO)[C@@H](C)CC)c2[nH]c(C34CCC(O)(CC3)CC4)nc21. The van der Waals surface area contributed by atoms with E-state index in [1.54, 1.807) is 4.57 Å². The highest BCUT2D eigenvalue weighted by molar-refractivity contribution is 5.83. The van der Waals surface area contributed by atoms with Crippen LogP contribution in [0.2, 0.25) is 0 Å². The molecule has 3 aliphatic carbocycles. The van der Waals surface area contributed by atoms with Crippen molar-refractivity contribution in [3.05, 3.63) is 16.3 Å². The Balaban J connectivity index is 1.80. The average molecular weight is 418 g/mol. The monoisotopic (exact) mass is 417 g/mol. The molecule has 8 heteroatoms. The third-order valence-corrected chi connectivity index (χ3v) is 7.62. The summed E-state index contributed by atoms with van der Waals surface area (Å²) in [6, 6.07) is -0.184. The lowest BCUT2D eigenvalue weighted by Crippen LogP contribution is -2.48. The topological polar surface area (TPSA) is 116 Å². The molecule has 3 saturated carbocycles. The number of anilines is 1. The fourth-order valence-corrected chi connectivity index (χ4v) is 5.16. The standard InChI is InChI=1S/C22H35N5O3/c1-4-12-27-18-16(17(25-20(27)29)23-15(13-28)14(3)5-2)24-19(26-18)21-6-9-22(30,10-7-21)11-8-21/h14-15,28,30H,4-13H2,1-3H3,(H,24,26)(H,23,25,29)/t14-,15-,21?,22?/m0/s1. The summed E-state index contributed by atoms with van der Waals surface area (Å²) in [6.07, 6.45) is 6.85. The number of rotatable bonds is 8. The minimum absolute atomic E-state index is 0.0280. The van der Waals surface area contributed by atoms with Crippen molar-refractivity contribution in [1.29, 1.82) is 0 Å². The van der Waals surface area contributed by atoms with Crippen molar-refractivity contribution >= 4 is 17.0 Å². The van der Waals surface area contributed by atoms with Crippen LogP contribution in [0.25, 0.3) is 11.2 Å². The smallest absolute Gasteiger partial charge is 0.351 e. The Morgan fingerprint density at radius 3 is 2.40 bits per heavy atom. The first-order chi connectivity index (χ1) is 14.3. The first-order valence-electron chi connectivity index (χ1n) is 11.5. The summed E-state index contributed by atoms with van der Waals surface area (Å²) in [7, 11) is 0. The molecule has 166 valence electrons. The van der Waals surface area contributed by atoms with Crippen molar-refractivity contribution in [2.75, 3.05) is 11.9 Å². The second kappa shape index (κ2) is 7.96. The first kappa shape index (κ1) is 21.3. The zero-order chi connectivity index (χ0) is 21.5. The van der Waals surface area contributed by atoms with Gasteiger partial charge in [-0.2, -0.15) is 4.98 Å². The van der Waals surface area contributed by atoms with Gasteiger partial charge in [-0.3, -0.25) is 4.57 Å². The van der Waals surface area contributed by atoms with Gasteiger partial charge in [0.2, 0.25) is 0 Å². The largest absolute Gasteiger partial charge is 0.394 e. The highest BCUT2D eigenvalue weighted by Gasteiger charge is 2.50. The fraction of sp³-hybridized carbons (Fsp3) is 0.773. The zero-order valence-corrected chi connectivity index (χ0v) is 18.4. The van der Waals surface area contributed by atoms with E-state index in [9.17, 15) is 15.0 Å². The zero-order valence-electron chi connectivity index (χ0n) is 18.4. The summed E-state index contributed by atoms with van der Waals surface area (Å²) in [5, 5.41) is 23.8. The molecular formula is C22H35N5O3. The van der Waals surface area contributed by atoms with E-state index in [0.717, 1.165) is 62.7 Å². The molecule has 30 heavy (non-hydrogen) atoms. The quantitative estimate of drug-likeness (QED) is 0.525. The van der Waals surface area contributed by atoms with Gasteiger partial charge in [-0.25, -0.2) is 9.78 Å². The van der Waals surface area contributed by atoms with Gasteiger partial charge in [0.1, 0.15) is 11.3 Å². The second-order valence-corrected chi connectivity index (χ2v) is 9.50. The molecular weight excluding hydrogens is 382 g/mol. The number of aliphatic hydroxyl groups is 2. The molecule has 2 bridgehead atoms.